The van der Waals surface area contributed by atoms with Crippen LogP contribution in [0.2, 0.25) is 0 Å². The molecule has 0 aliphatic heterocycles. The first-order valence-corrected chi connectivity index (χ1v) is 10.4. The van der Waals surface area contributed by atoms with Crippen molar-refractivity contribution in [3.05, 3.63) is 114 Å². The Balaban J connectivity index is 1.50. The van der Waals surface area contributed by atoms with E-state index in [0.717, 1.165) is 27.9 Å². The Hall–Kier alpha value is -4.25. The van der Waals surface area contributed by atoms with E-state index < -0.39 is 5.92 Å². The van der Waals surface area contributed by atoms with Crippen LogP contribution in [0.25, 0.3) is 22.7 Å². The van der Waals surface area contributed by atoms with E-state index in [1.165, 1.54) is 0 Å². The maximum absolute atomic E-state index is 13.5. The smallest absolute Gasteiger partial charge is 0.236 e. The van der Waals surface area contributed by atoms with Gasteiger partial charge in [0, 0.05) is 17.4 Å². The first-order valence-electron chi connectivity index (χ1n) is 10.4. The van der Waals surface area contributed by atoms with Crippen LogP contribution < -0.4 is 5.32 Å². The zero-order valence-corrected chi connectivity index (χ0v) is 17.5. The quantitative estimate of drug-likeness (QED) is 0.381. The molecule has 0 aliphatic rings. The highest BCUT2D eigenvalue weighted by Gasteiger charge is 2.23. The van der Waals surface area contributed by atoms with Crippen molar-refractivity contribution in [1.29, 1.82) is 0 Å². The van der Waals surface area contributed by atoms with Gasteiger partial charge in [0.05, 0.1) is 5.92 Å². The zero-order valence-electron chi connectivity index (χ0n) is 17.5. The van der Waals surface area contributed by atoms with Crippen molar-refractivity contribution in [3.8, 4) is 11.5 Å². The summed E-state index contributed by atoms with van der Waals surface area (Å²) in [6.45, 7) is 1.95. The van der Waals surface area contributed by atoms with Crippen molar-refractivity contribution < 1.29 is 9.21 Å². The molecule has 5 heteroatoms. The van der Waals surface area contributed by atoms with Crippen molar-refractivity contribution >= 4 is 22.8 Å². The number of hydrogen-bond donors (Lipinski definition) is 1. The lowest BCUT2D eigenvalue weighted by molar-refractivity contribution is -0.116. The number of carbonyl (C=O) groups is 1. The Morgan fingerprint density at radius 2 is 1.53 bits per heavy atom. The molecule has 0 aliphatic carbocycles. The molecular formula is C27H21N3O2. The van der Waals surface area contributed by atoms with E-state index >= 15 is 0 Å². The van der Waals surface area contributed by atoms with Gasteiger partial charge in [-0.2, -0.15) is 4.98 Å². The molecule has 0 atom stereocenters. The maximum Gasteiger partial charge on any atom is 0.236 e. The molecule has 0 unspecified atom stereocenters. The average Bonchev–Trinajstić information content (AvgIpc) is 3.26. The molecule has 5 nitrogen and oxygen atoms in total. The van der Waals surface area contributed by atoms with E-state index in [1.807, 2.05) is 97.9 Å². The Kier molecular flexibility index (Phi) is 5.22. The summed E-state index contributed by atoms with van der Waals surface area (Å²) in [5.74, 6) is -0.0363. The SMILES string of the molecule is Cc1c(NC(=O)C(c2ccccc2)c2ccccc2)cccc1-c1nc2ncccc2o1. The molecule has 5 rings (SSSR count). The molecule has 2 heterocycles. The van der Waals surface area contributed by atoms with Crippen molar-refractivity contribution in [2.45, 2.75) is 12.8 Å². The molecule has 0 saturated heterocycles. The van der Waals surface area contributed by atoms with Gasteiger partial charge in [-0.15, -0.1) is 0 Å². The number of nitrogens with zero attached hydrogens (tertiary/aromatic N) is 2. The first-order chi connectivity index (χ1) is 15.7. The Labute approximate surface area is 185 Å². The number of carbonyl (C=O) groups excluding carboxylic acids is 1. The molecule has 0 saturated carbocycles. The molecule has 156 valence electrons. The maximum atomic E-state index is 13.5. The van der Waals surface area contributed by atoms with Crippen molar-refractivity contribution in [2.75, 3.05) is 5.32 Å². The average molecular weight is 419 g/mol. The summed E-state index contributed by atoms with van der Waals surface area (Å²) in [5, 5.41) is 3.13. The standard InChI is InChI=1S/C27H21N3O2/c1-18-21(27-30-25-23(32-27)16-9-17-28-25)14-8-15-22(18)29-26(31)24(19-10-4-2-5-11-19)20-12-6-3-7-13-20/h2-17,24H,1H3,(H,29,31). The second kappa shape index (κ2) is 8.47. The normalized spacial score (nSPS) is 11.1. The highest BCUT2D eigenvalue weighted by Crippen LogP contribution is 2.32. The molecule has 0 bridgehead atoms. The van der Waals surface area contributed by atoms with E-state index in [0.29, 0.717) is 17.1 Å². The van der Waals surface area contributed by atoms with Crippen molar-refractivity contribution in [1.82, 2.24) is 9.97 Å². The van der Waals surface area contributed by atoms with E-state index in [9.17, 15) is 4.79 Å². The summed E-state index contributed by atoms with van der Waals surface area (Å²) in [6, 6.07) is 29.0. The van der Waals surface area contributed by atoms with Gasteiger partial charge in [0.1, 0.15) is 0 Å². The third kappa shape index (κ3) is 3.76. The van der Waals surface area contributed by atoms with E-state index in [-0.39, 0.29) is 5.91 Å². The summed E-state index contributed by atoms with van der Waals surface area (Å²) in [7, 11) is 0. The van der Waals surface area contributed by atoms with Gasteiger partial charge in [-0.25, -0.2) is 4.98 Å². The number of fused-ring (bicyclic) bond motifs is 1. The molecule has 32 heavy (non-hydrogen) atoms. The number of aromatic nitrogens is 2. The van der Waals surface area contributed by atoms with Crippen LogP contribution >= 0.6 is 0 Å². The fourth-order valence-corrected chi connectivity index (χ4v) is 3.88. The predicted octanol–water partition coefficient (Wildman–Crippen LogP) is 5.97. The van der Waals surface area contributed by atoms with Crippen LogP contribution in [0, 0.1) is 6.92 Å². The molecule has 2 aromatic heterocycles. The van der Waals surface area contributed by atoms with Gasteiger partial charge in [-0.3, -0.25) is 4.79 Å². The number of oxazole rings is 1. The summed E-state index contributed by atoms with van der Waals surface area (Å²) in [4.78, 5) is 22.2. The highest BCUT2D eigenvalue weighted by atomic mass is 16.3. The number of nitrogens with one attached hydrogen (secondary N) is 1. The Morgan fingerprint density at radius 3 is 2.19 bits per heavy atom. The van der Waals surface area contributed by atoms with Gasteiger partial charge < -0.3 is 9.73 Å². The lowest BCUT2D eigenvalue weighted by Gasteiger charge is -2.19. The molecule has 0 spiro atoms. The van der Waals surface area contributed by atoms with Crippen molar-refractivity contribution in [3.63, 3.8) is 0 Å². The number of rotatable bonds is 5. The van der Waals surface area contributed by atoms with Crippen LogP contribution in [0.4, 0.5) is 5.69 Å². The third-order valence-electron chi connectivity index (χ3n) is 5.52. The lowest BCUT2D eigenvalue weighted by atomic mass is 9.90. The van der Waals surface area contributed by atoms with Crippen LogP contribution in [-0.4, -0.2) is 15.9 Å². The fraction of sp³-hybridized carbons (Fsp3) is 0.0741. The van der Waals surface area contributed by atoms with E-state index in [2.05, 4.69) is 15.3 Å². The van der Waals surface area contributed by atoms with Crippen LogP contribution in [0.1, 0.15) is 22.6 Å². The number of hydrogen-bond acceptors (Lipinski definition) is 4. The summed E-state index contributed by atoms with van der Waals surface area (Å²) >= 11 is 0. The van der Waals surface area contributed by atoms with Gasteiger partial charge in [-0.1, -0.05) is 66.7 Å². The molecule has 0 fully saturated rings. The summed E-state index contributed by atoms with van der Waals surface area (Å²) < 4.78 is 5.89. The topological polar surface area (TPSA) is 68.0 Å². The minimum Gasteiger partial charge on any atom is -0.434 e. The molecule has 1 N–H and O–H groups in total. The Morgan fingerprint density at radius 1 is 0.844 bits per heavy atom. The fourth-order valence-electron chi connectivity index (χ4n) is 3.88. The number of benzene rings is 3. The second-order valence-electron chi connectivity index (χ2n) is 7.57. The molecule has 0 radical (unpaired) electrons. The molecular weight excluding hydrogens is 398 g/mol. The summed E-state index contributed by atoms with van der Waals surface area (Å²) in [6.07, 6.45) is 1.69. The van der Waals surface area contributed by atoms with Gasteiger partial charge in [-0.05, 0) is 47.9 Å². The van der Waals surface area contributed by atoms with Crippen LogP contribution in [0.15, 0.2) is 102 Å². The zero-order chi connectivity index (χ0) is 21.9. The minimum atomic E-state index is -0.422. The number of pyridine rings is 1. The van der Waals surface area contributed by atoms with Crippen LogP contribution in [0.5, 0.6) is 0 Å². The first kappa shape index (κ1) is 19.7. The van der Waals surface area contributed by atoms with E-state index in [1.54, 1.807) is 6.20 Å². The molecule has 3 aromatic carbocycles. The monoisotopic (exact) mass is 419 g/mol. The molecule has 5 aromatic rings. The van der Waals surface area contributed by atoms with Gasteiger partial charge >= 0.3 is 0 Å². The number of amides is 1. The van der Waals surface area contributed by atoms with Gasteiger partial charge in [0.15, 0.2) is 11.2 Å². The van der Waals surface area contributed by atoms with Gasteiger partial charge in [0.2, 0.25) is 11.8 Å². The number of anilines is 1. The highest BCUT2D eigenvalue weighted by molar-refractivity contribution is 5.99. The van der Waals surface area contributed by atoms with Gasteiger partial charge in [0.25, 0.3) is 0 Å². The summed E-state index contributed by atoms with van der Waals surface area (Å²) in [5.41, 5.74) is 5.49. The Bertz CT molecular complexity index is 1310. The van der Waals surface area contributed by atoms with Crippen LogP contribution in [-0.2, 0) is 4.79 Å². The largest absolute Gasteiger partial charge is 0.434 e. The second-order valence-corrected chi connectivity index (χ2v) is 7.57. The molecule has 1 amide bonds. The predicted molar refractivity (Wildman–Crippen MR) is 125 cm³/mol. The van der Waals surface area contributed by atoms with Crippen LogP contribution in [0.3, 0.4) is 0 Å². The lowest BCUT2D eigenvalue weighted by Crippen LogP contribution is -2.22. The van der Waals surface area contributed by atoms with Crippen molar-refractivity contribution in [2.24, 2.45) is 0 Å². The third-order valence-corrected chi connectivity index (χ3v) is 5.52. The van der Waals surface area contributed by atoms with E-state index in [4.69, 9.17) is 4.42 Å². The minimum absolute atomic E-state index is 0.0955.